The van der Waals surface area contributed by atoms with Crippen molar-refractivity contribution in [3.05, 3.63) is 46.3 Å². The summed E-state index contributed by atoms with van der Waals surface area (Å²) in [6, 6.07) is 6.75. The molecule has 0 amide bonds. The molecule has 0 atom stereocenters. The number of hydrogen-bond donors (Lipinski definition) is 1. The van der Waals surface area contributed by atoms with Gasteiger partial charge in [-0.15, -0.1) is 25.0 Å². The van der Waals surface area contributed by atoms with Crippen molar-refractivity contribution in [3.63, 3.8) is 0 Å². The van der Waals surface area contributed by atoms with Gasteiger partial charge in [0.2, 0.25) is 10.5 Å². The molecule has 15 heavy (non-hydrogen) atoms. The van der Waals surface area contributed by atoms with E-state index in [1.807, 2.05) is 0 Å². The Morgan fingerprint density at radius 1 is 1.27 bits per heavy atom. The minimum atomic E-state index is -0.579. The van der Waals surface area contributed by atoms with Gasteiger partial charge < -0.3 is 4.42 Å². The molecule has 0 saturated heterocycles. The highest BCUT2D eigenvalue weighted by Crippen LogP contribution is 2.11. The first-order valence-electron chi connectivity index (χ1n) is 3.94. The number of carbonyl (C=O) groups excluding carboxylic acids is 1. The monoisotopic (exact) mass is 242 g/mol. The fourth-order valence-electron chi connectivity index (χ4n) is 1.23. The average molecular weight is 243 g/mol. The van der Waals surface area contributed by atoms with Crippen LogP contribution in [0.2, 0.25) is 0 Å². The van der Waals surface area contributed by atoms with Gasteiger partial charge >= 0.3 is 0 Å². The maximum absolute atomic E-state index is 11.6. The Labute approximate surface area is 96.9 Å². The maximum atomic E-state index is 11.6. The highest BCUT2D eigenvalue weighted by Gasteiger charge is 2.10. The summed E-state index contributed by atoms with van der Waals surface area (Å²) in [6.45, 7) is 0. The van der Waals surface area contributed by atoms with Gasteiger partial charge in [-0.25, -0.2) is 0 Å². The second-order valence-electron chi connectivity index (χ2n) is 2.78. The Balaban J connectivity index is 0.00000112. The van der Waals surface area contributed by atoms with Crippen molar-refractivity contribution < 1.29 is 9.21 Å². The lowest BCUT2D eigenvalue weighted by molar-refractivity contribution is 0.108. The van der Waals surface area contributed by atoms with E-state index in [-0.39, 0.29) is 23.4 Å². The van der Waals surface area contributed by atoms with E-state index < -0.39 is 5.12 Å². The number of hydrogen-bond acceptors (Lipinski definition) is 3. The Morgan fingerprint density at radius 3 is 2.60 bits per heavy atom. The third-order valence-corrected chi connectivity index (χ3v) is 2.15. The molecule has 0 saturated carbocycles. The molecule has 0 N–H and O–H groups in total. The first-order valence-corrected chi connectivity index (χ1v) is 4.38. The molecule has 1 aromatic carbocycles. The van der Waals surface area contributed by atoms with Crippen LogP contribution in [-0.2, 0) is 0 Å². The maximum Gasteiger partial charge on any atom is 0.223 e. The lowest BCUT2D eigenvalue weighted by atomic mass is 10.2. The minimum Gasteiger partial charge on any atom is -0.463 e. The summed E-state index contributed by atoms with van der Waals surface area (Å²) in [4.78, 5) is 22.6. The first kappa shape index (κ1) is 11.8. The topological polar surface area (TPSA) is 47.3 Å². The molecule has 0 radical (unpaired) electrons. The quantitative estimate of drug-likeness (QED) is 0.781. The van der Waals surface area contributed by atoms with Gasteiger partial charge in [0.05, 0.1) is 5.39 Å². The third kappa shape index (κ3) is 2.06. The van der Waals surface area contributed by atoms with E-state index in [0.717, 1.165) is 6.26 Å². The second-order valence-corrected chi connectivity index (χ2v) is 3.19. The fraction of sp³-hybridized carbons (Fsp3) is 0. The third-order valence-electron chi connectivity index (χ3n) is 1.91. The van der Waals surface area contributed by atoms with Crippen molar-refractivity contribution in [2.75, 3.05) is 0 Å². The Hall–Kier alpha value is -1.26. The van der Waals surface area contributed by atoms with E-state index in [1.165, 1.54) is 0 Å². The van der Waals surface area contributed by atoms with Gasteiger partial charge in [0.15, 0.2) is 0 Å². The van der Waals surface area contributed by atoms with Crippen molar-refractivity contribution >= 4 is 41.1 Å². The molecule has 0 bridgehead atoms. The van der Waals surface area contributed by atoms with Gasteiger partial charge in [-0.2, -0.15) is 0 Å². The summed E-state index contributed by atoms with van der Waals surface area (Å²) >= 11 is 3.58. The van der Waals surface area contributed by atoms with Gasteiger partial charge in [-0.3, -0.25) is 9.59 Å². The van der Waals surface area contributed by atoms with E-state index in [4.69, 9.17) is 4.42 Å². The van der Waals surface area contributed by atoms with Gasteiger partial charge in [0.1, 0.15) is 17.4 Å². The van der Waals surface area contributed by atoms with E-state index in [1.54, 1.807) is 24.3 Å². The molecule has 0 spiro atoms. The van der Waals surface area contributed by atoms with Gasteiger partial charge in [-0.1, -0.05) is 12.1 Å². The number of halogens is 1. The summed E-state index contributed by atoms with van der Waals surface area (Å²) in [5, 5.41) is -0.183. The molecular formula is C10H7ClO3S. The van der Waals surface area contributed by atoms with Crippen LogP contribution < -0.4 is 5.43 Å². The SMILES string of the molecule is Cl.O=C(S)c1coc2ccccc2c1=O. The molecule has 2 rings (SSSR count). The lowest BCUT2D eigenvalue weighted by Crippen LogP contribution is -2.10. The standard InChI is InChI=1S/C10H6O3S.ClH/c11-9-6-3-1-2-4-8(6)13-5-7(9)10(12)14;/h1-5H,(H,12,14);1H. The van der Waals surface area contributed by atoms with Gasteiger partial charge in [-0.05, 0) is 12.1 Å². The predicted octanol–water partition coefficient (Wildman–Crippen LogP) is 2.28. The zero-order chi connectivity index (χ0) is 10.1. The number of carbonyl (C=O) groups is 1. The van der Waals surface area contributed by atoms with Crippen LogP contribution in [0.5, 0.6) is 0 Å². The van der Waals surface area contributed by atoms with E-state index in [9.17, 15) is 9.59 Å². The second kappa shape index (κ2) is 4.51. The largest absolute Gasteiger partial charge is 0.463 e. The molecule has 0 aliphatic carbocycles. The van der Waals surface area contributed by atoms with Crippen molar-refractivity contribution in [2.24, 2.45) is 0 Å². The van der Waals surface area contributed by atoms with Crippen LogP contribution in [0.4, 0.5) is 0 Å². The van der Waals surface area contributed by atoms with E-state index in [2.05, 4.69) is 12.6 Å². The molecule has 1 aromatic heterocycles. The molecule has 3 nitrogen and oxygen atoms in total. The number of fused-ring (bicyclic) bond motifs is 1. The number of para-hydroxylation sites is 1. The molecule has 5 heteroatoms. The van der Waals surface area contributed by atoms with Crippen molar-refractivity contribution in [1.29, 1.82) is 0 Å². The number of benzene rings is 1. The Bertz CT molecular complexity index is 562. The smallest absolute Gasteiger partial charge is 0.223 e. The van der Waals surface area contributed by atoms with Crippen molar-refractivity contribution in [3.8, 4) is 0 Å². The predicted molar refractivity (Wildman–Crippen MR) is 63.0 cm³/mol. The summed E-state index contributed by atoms with van der Waals surface area (Å²) in [6.07, 6.45) is 1.14. The average Bonchev–Trinajstić information content (AvgIpc) is 2.18. The van der Waals surface area contributed by atoms with Crippen LogP contribution in [0.3, 0.4) is 0 Å². The Morgan fingerprint density at radius 2 is 1.93 bits per heavy atom. The molecule has 0 aliphatic heterocycles. The van der Waals surface area contributed by atoms with Crippen LogP contribution in [0, 0.1) is 0 Å². The minimum absolute atomic E-state index is 0. The molecule has 78 valence electrons. The van der Waals surface area contributed by atoms with Crippen LogP contribution in [-0.4, -0.2) is 5.12 Å². The van der Waals surface area contributed by atoms with Gasteiger partial charge in [0, 0.05) is 0 Å². The molecule has 1 heterocycles. The molecule has 0 unspecified atom stereocenters. The Kier molecular flexibility index (Phi) is 3.55. The van der Waals surface area contributed by atoms with Gasteiger partial charge in [0.25, 0.3) is 0 Å². The highest BCUT2D eigenvalue weighted by molar-refractivity contribution is 7.97. The number of thiol groups is 1. The van der Waals surface area contributed by atoms with Crippen LogP contribution in [0.25, 0.3) is 11.0 Å². The van der Waals surface area contributed by atoms with Crippen LogP contribution in [0.1, 0.15) is 10.4 Å². The molecule has 2 aromatic rings. The van der Waals surface area contributed by atoms with E-state index in [0.29, 0.717) is 11.0 Å². The normalized spacial score (nSPS) is 9.67. The number of rotatable bonds is 1. The zero-order valence-electron chi connectivity index (χ0n) is 7.47. The summed E-state index contributed by atoms with van der Waals surface area (Å²) in [5.41, 5.74) is 0.0923. The molecule has 0 aliphatic rings. The summed E-state index contributed by atoms with van der Waals surface area (Å²) < 4.78 is 5.12. The van der Waals surface area contributed by atoms with Crippen molar-refractivity contribution in [1.82, 2.24) is 0 Å². The van der Waals surface area contributed by atoms with E-state index >= 15 is 0 Å². The van der Waals surface area contributed by atoms with Crippen molar-refractivity contribution in [2.45, 2.75) is 0 Å². The summed E-state index contributed by atoms with van der Waals surface area (Å²) in [7, 11) is 0. The lowest BCUT2D eigenvalue weighted by Gasteiger charge is -1.97. The highest BCUT2D eigenvalue weighted by atomic mass is 35.5. The molecule has 0 fully saturated rings. The van der Waals surface area contributed by atoms with Crippen LogP contribution in [0.15, 0.2) is 39.7 Å². The first-order chi connectivity index (χ1) is 6.70. The molecular weight excluding hydrogens is 236 g/mol. The van der Waals surface area contributed by atoms with Crippen LogP contribution >= 0.6 is 25.0 Å². The zero-order valence-corrected chi connectivity index (χ0v) is 9.18. The summed E-state index contributed by atoms with van der Waals surface area (Å²) in [5.74, 6) is 0. The fourth-order valence-corrected chi connectivity index (χ4v) is 1.38.